The number of hydrogen-bond acceptors (Lipinski definition) is 4. The molecule has 0 unspecified atom stereocenters. The van der Waals surface area contributed by atoms with Crippen LogP contribution >= 0.6 is 0 Å². The van der Waals surface area contributed by atoms with Crippen LogP contribution in [0.2, 0.25) is 0 Å². The van der Waals surface area contributed by atoms with Gasteiger partial charge in [0.1, 0.15) is 16.9 Å². The molecule has 1 heterocycles. The van der Waals surface area contributed by atoms with Crippen LogP contribution in [0.25, 0.3) is 21.9 Å². The summed E-state index contributed by atoms with van der Waals surface area (Å²) in [4.78, 5) is 23.0. The van der Waals surface area contributed by atoms with Gasteiger partial charge in [0.2, 0.25) is 5.43 Å². The number of carboxylic acid groups (broad SMARTS) is 1. The van der Waals surface area contributed by atoms with Crippen molar-refractivity contribution < 1.29 is 19.1 Å². The molecule has 106 valence electrons. The van der Waals surface area contributed by atoms with E-state index in [1.807, 2.05) is 0 Å². The first-order valence-corrected chi connectivity index (χ1v) is 6.37. The summed E-state index contributed by atoms with van der Waals surface area (Å²) in [6.45, 7) is 1.31. The molecule has 1 N–H and O–H groups in total. The van der Waals surface area contributed by atoms with Crippen molar-refractivity contribution >= 4 is 27.9 Å². The van der Waals surface area contributed by atoms with Gasteiger partial charge in [-0.2, -0.15) is 0 Å². The summed E-state index contributed by atoms with van der Waals surface area (Å²) >= 11 is 0. The number of fused-ring (bicyclic) bond motifs is 2. The number of ether oxygens (including phenoxy) is 1. The molecular formula is C16H12O5. The summed E-state index contributed by atoms with van der Waals surface area (Å²) in [6.07, 6.45) is 0. The molecule has 2 aromatic carbocycles. The van der Waals surface area contributed by atoms with E-state index in [0.717, 1.165) is 0 Å². The lowest BCUT2D eigenvalue weighted by Crippen LogP contribution is -2.10. The van der Waals surface area contributed by atoms with E-state index in [0.29, 0.717) is 33.3 Å². The Morgan fingerprint density at radius 3 is 2.71 bits per heavy atom. The van der Waals surface area contributed by atoms with E-state index in [4.69, 9.17) is 14.3 Å². The molecule has 0 amide bonds. The van der Waals surface area contributed by atoms with Crippen molar-refractivity contribution in [3.63, 3.8) is 0 Å². The molecule has 21 heavy (non-hydrogen) atoms. The standard InChI is InChI=1S/C16H12O5/c1-9-6-11-14(7-13(9)20-8-15(17)18)21-12-5-3-2-4-10(12)16(11)19/h2-7H,8H2,1H3,(H,17,18). The summed E-state index contributed by atoms with van der Waals surface area (Å²) in [6, 6.07) is 10.2. The SMILES string of the molecule is Cc1cc2c(=O)c3ccccc3oc2cc1OCC(=O)O. The molecule has 3 rings (SSSR count). The number of benzene rings is 2. The number of carbonyl (C=O) groups is 1. The number of carboxylic acids is 1. The summed E-state index contributed by atoms with van der Waals surface area (Å²) in [5.41, 5.74) is 1.44. The van der Waals surface area contributed by atoms with Gasteiger partial charge in [-0.05, 0) is 30.7 Å². The van der Waals surface area contributed by atoms with E-state index in [1.165, 1.54) is 0 Å². The van der Waals surface area contributed by atoms with Gasteiger partial charge in [-0.1, -0.05) is 12.1 Å². The van der Waals surface area contributed by atoms with Crippen LogP contribution < -0.4 is 10.2 Å². The maximum Gasteiger partial charge on any atom is 0.341 e. The number of rotatable bonds is 3. The van der Waals surface area contributed by atoms with Gasteiger partial charge < -0.3 is 14.3 Å². The van der Waals surface area contributed by atoms with Gasteiger partial charge in [0.15, 0.2) is 6.61 Å². The normalized spacial score (nSPS) is 10.9. The first kappa shape index (κ1) is 13.2. The molecule has 0 saturated carbocycles. The summed E-state index contributed by atoms with van der Waals surface area (Å²) < 4.78 is 10.9. The second-order valence-corrected chi connectivity index (χ2v) is 4.72. The molecule has 1 aromatic heterocycles. The highest BCUT2D eigenvalue weighted by Crippen LogP contribution is 2.26. The van der Waals surface area contributed by atoms with Gasteiger partial charge in [0, 0.05) is 6.07 Å². The van der Waals surface area contributed by atoms with Crippen molar-refractivity contribution in [3.8, 4) is 5.75 Å². The van der Waals surface area contributed by atoms with Gasteiger partial charge in [-0.25, -0.2) is 4.79 Å². The fourth-order valence-electron chi connectivity index (χ4n) is 2.23. The van der Waals surface area contributed by atoms with Crippen LogP contribution in [0, 0.1) is 6.92 Å². The Kier molecular flexibility index (Phi) is 3.10. The van der Waals surface area contributed by atoms with Gasteiger partial charge in [0.05, 0.1) is 10.8 Å². The minimum absolute atomic E-state index is 0.111. The van der Waals surface area contributed by atoms with Crippen molar-refractivity contribution in [2.24, 2.45) is 0 Å². The Labute approximate surface area is 119 Å². The quantitative estimate of drug-likeness (QED) is 0.748. The highest BCUT2D eigenvalue weighted by Gasteiger charge is 2.11. The van der Waals surface area contributed by atoms with E-state index in [2.05, 4.69) is 0 Å². The lowest BCUT2D eigenvalue weighted by Gasteiger charge is -2.08. The minimum atomic E-state index is -1.06. The number of aliphatic carboxylic acids is 1. The molecule has 5 nitrogen and oxygen atoms in total. The van der Waals surface area contributed by atoms with Crippen LogP contribution in [0.4, 0.5) is 0 Å². The third-order valence-electron chi connectivity index (χ3n) is 3.22. The molecule has 0 aliphatic carbocycles. The third kappa shape index (κ3) is 2.33. The Balaban J connectivity index is 2.23. The number of aryl methyl sites for hydroxylation is 1. The van der Waals surface area contributed by atoms with Crippen molar-refractivity contribution in [2.45, 2.75) is 6.92 Å². The van der Waals surface area contributed by atoms with Crippen LogP contribution in [0.5, 0.6) is 5.75 Å². The van der Waals surface area contributed by atoms with Crippen LogP contribution in [0.3, 0.4) is 0 Å². The van der Waals surface area contributed by atoms with Crippen LogP contribution in [-0.2, 0) is 4.79 Å². The fourth-order valence-corrected chi connectivity index (χ4v) is 2.23. The van der Waals surface area contributed by atoms with Gasteiger partial charge in [-0.15, -0.1) is 0 Å². The summed E-state index contributed by atoms with van der Waals surface area (Å²) in [5, 5.41) is 9.64. The smallest absolute Gasteiger partial charge is 0.341 e. The molecule has 3 aromatic rings. The molecule has 0 aliphatic heterocycles. The predicted octanol–water partition coefficient (Wildman–Crippen LogP) is 2.72. The van der Waals surface area contributed by atoms with E-state index < -0.39 is 12.6 Å². The maximum absolute atomic E-state index is 12.4. The molecule has 0 atom stereocenters. The second kappa shape index (κ2) is 4.94. The number of para-hydroxylation sites is 1. The van der Waals surface area contributed by atoms with Crippen molar-refractivity contribution in [3.05, 3.63) is 52.2 Å². The zero-order valence-corrected chi connectivity index (χ0v) is 11.3. The first-order valence-electron chi connectivity index (χ1n) is 6.37. The summed E-state index contributed by atoms with van der Waals surface area (Å²) in [5.74, 6) is -0.669. The lowest BCUT2D eigenvalue weighted by atomic mass is 10.1. The van der Waals surface area contributed by atoms with E-state index in [-0.39, 0.29) is 5.43 Å². The molecule has 5 heteroatoms. The average Bonchev–Trinajstić information content (AvgIpc) is 2.46. The minimum Gasteiger partial charge on any atom is -0.481 e. The maximum atomic E-state index is 12.4. The highest BCUT2D eigenvalue weighted by molar-refractivity contribution is 5.90. The van der Waals surface area contributed by atoms with Crippen molar-refractivity contribution in [1.29, 1.82) is 0 Å². The summed E-state index contributed by atoms with van der Waals surface area (Å²) in [7, 11) is 0. The van der Waals surface area contributed by atoms with Gasteiger partial charge in [0.25, 0.3) is 0 Å². The topological polar surface area (TPSA) is 76.7 Å². The molecular weight excluding hydrogens is 272 g/mol. The van der Waals surface area contributed by atoms with E-state index in [1.54, 1.807) is 43.3 Å². The Bertz CT molecular complexity index is 908. The van der Waals surface area contributed by atoms with Gasteiger partial charge >= 0.3 is 5.97 Å². The van der Waals surface area contributed by atoms with Crippen molar-refractivity contribution in [2.75, 3.05) is 6.61 Å². The molecule has 0 spiro atoms. The molecule has 0 fully saturated rings. The van der Waals surface area contributed by atoms with E-state index >= 15 is 0 Å². The third-order valence-corrected chi connectivity index (χ3v) is 3.22. The van der Waals surface area contributed by atoms with Crippen LogP contribution in [0.15, 0.2) is 45.6 Å². The first-order chi connectivity index (χ1) is 10.1. The monoisotopic (exact) mass is 284 g/mol. The molecule has 0 radical (unpaired) electrons. The largest absolute Gasteiger partial charge is 0.481 e. The molecule has 0 saturated heterocycles. The van der Waals surface area contributed by atoms with Crippen molar-refractivity contribution in [1.82, 2.24) is 0 Å². The predicted molar refractivity (Wildman–Crippen MR) is 77.9 cm³/mol. The number of hydrogen-bond donors (Lipinski definition) is 1. The fraction of sp³-hybridized carbons (Fsp3) is 0.125. The Morgan fingerprint density at radius 2 is 1.95 bits per heavy atom. The highest BCUT2D eigenvalue weighted by atomic mass is 16.5. The van der Waals surface area contributed by atoms with Crippen LogP contribution in [-0.4, -0.2) is 17.7 Å². The van der Waals surface area contributed by atoms with Crippen LogP contribution in [0.1, 0.15) is 5.56 Å². The van der Waals surface area contributed by atoms with Gasteiger partial charge in [-0.3, -0.25) is 4.79 Å². The lowest BCUT2D eigenvalue weighted by molar-refractivity contribution is -0.139. The molecule has 0 bridgehead atoms. The Morgan fingerprint density at radius 1 is 1.19 bits per heavy atom. The molecule has 0 aliphatic rings. The average molecular weight is 284 g/mol. The second-order valence-electron chi connectivity index (χ2n) is 4.72. The zero-order chi connectivity index (χ0) is 15.0. The van der Waals surface area contributed by atoms with E-state index in [9.17, 15) is 9.59 Å². The zero-order valence-electron chi connectivity index (χ0n) is 11.3. The Hall–Kier alpha value is -2.82.